The van der Waals surface area contributed by atoms with Crippen molar-refractivity contribution in [2.75, 3.05) is 13.7 Å². The maximum absolute atomic E-state index is 11.6. The SMILES string of the molecule is CCCCOc1ccc(/C=C/C(=O)NC(C)C(=O)O)cc1OC. The van der Waals surface area contributed by atoms with Gasteiger partial charge < -0.3 is 19.9 Å². The van der Waals surface area contributed by atoms with Crippen LogP contribution >= 0.6 is 0 Å². The van der Waals surface area contributed by atoms with Crippen LogP contribution in [0.15, 0.2) is 24.3 Å². The highest BCUT2D eigenvalue weighted by atomic mass is 16.5. The van der Waals surface area contributed by atoms with E-state index in [0.29, 0.717) is 18.1 Å². The maximum Gasteiger partial charge on any atom is 0.325 e. The Labute approximate surface area is 136 Å². The van der Waals surface area contributed by atoms with Crippen LogP contribution < -0.4 is 14.8 Å². The smallest absolute Gasteiger partial charge is 0.325 e. The Morgan fingerprint density at radius 2 is 2.09 bits per heavy atom. The molecule has 2 N–H and O–H groups in total. The third kappa shape index (κ3) is 6.42. The number of aliphatic carboxylic acids is 1. The van der Waals surface area contributed by atoms with E-state index in [-0.39, 0.29) is 0 Å². The summed E-state index contributed by atoms with van der Waals surface area (Å²) >= 11 is 0. The van der Waals surface area contributed by atoms with Crippen molar-refractivity contribution in [3.05, 3.63) is 29.8 Å². The lowest BCUT2D eigenvalue weighted by Gasteiger charge is -2.11. The van der Waals surface area contributed by atoms with Crippen LogP contribution in [0, 0.1) is 0 Å². The van der Waals surface area contributed by atoms with Gasteiger partial charge >= 0.3 is 5.97 Å². The Morgan fingerprint density at radius 3 is 2.70 bits per heavy atom. The van der Waals surface area contributed by atoms with Crippen molar-refractivity contribution >= 4 is 18.0 Å². The summed E-state index contributed by atoms with van der Waals surface area (Å²) in [5.41, 5.74) is 0.753. The number of carboxylic acid groups (broad SMARTS) is 1. The minimum Gasteiger partial charge on any atom is -0.493 e. The van der Waals surface area contributed by atoms with Gasteiger partial charge in [-0.05, 0) is 37.1 Å². The number of carboxylic acids is 1. The van der Waals surface area contributed by atoms with Gasteiger partial charge in [0.1, 0.15) is 6.04 Å². The van der Waals surface area contributed by atoms with Crippen LogP contribution in [0.5, 0.6) is 11.5 Å². The van der Waals surface area contributed by atoms with E-state index in [9.17, 15) is 9.59 Å². The normalized spacial score (nSPS) is 12.0. The Kier molecular flexibility index (Phi) is 7.66. The maximum atomic E-state index is 11.6. The molecule has 0 aliphatic heterocycles. The number of ether oxygens (including phenoxy) is 2. The molecule has 0 radical (unpaired) electrons. The number of carbonyl (C=O) groups is 2. The van der Waals surface area contributed by atoms with Crippen LogP contribution in [0.2, 0.25) is 0 Å². The summed E-state index contributed by atoms with van der Waals surface area (Å²) in [6.07, 6.45) is 4.88. The molecule has 0 spiro atoms. The Balaban J connectivity index is 2.71. The van der Waals surface area contributed by atoms with Crippen molar-refractivity contribution < 1.29 is 24.2 Å². The molecule has 0 heterocycles. The molecule has 0 aliphatic rings. The molecule has 1 aromatic rings. The molecule has 0 saturated carbocycles. The van der Waals surface area contributed by atoms with Gasteiger partial charge in [0.2, 0.25) is 5.91 Å². The summed E-state index contributed by atoms with van der Waals surface area (Å²) in [6, 6.07) is 4.40. The van der Waals surface area contributed by atoms with E-state index < -0.39 is 17.9 Å². The average molecular weight is 321 g/mol. The molecule has 1 atom stereocenters. The first kappa shape index (κ1) is 18.5. The Bertz CT molecular complexity index is 568. The van der Waals surface area contributed by atoms with Crippen molar-refractivity contribution in [1.82, 2.24) is 5.32 Å². The van der Waals surface area contributed by atoms with Gasteiger partial charge in [-0.3, -0.25) is 9.59 Å². The summed E-state index contributed by atoms with van der Waals surface area (Å²) in [7, 11) is 1.55. The monoisotopic (exact) mass is 321 g/mol. The van der Waals surface area contributed by atoms with Crippen molar-refractivity contribution in [3.8, 4) is 11.5 Å². The third-order valence-corrected chi connectivity index (χ3v) is 3.10. The second-order valence-corrected chi connectivity index (χ2v) is 5.01. The quantitative estimate of drug-likeness (QED) is 0.539. The molecule has 1 amide bonds. The third-order valence-electron chi connectivity index (χ3n) is 3.10. The molecule has 126 valence electrons. The number of hydrogen-bond donors (Lipinski definition) is 2. The molecular formula is C17H23NO5. The van der Waals surface area contributed by atoms with Gasteiger partial charge in [-0.2, -0.15) is 0 Å². The van der Waals surface area contributed by atoms with E-state index in [2.05, 4.69) is 12.2 Å². The Hall–Kier alpha value is -2.50. The standard InChI is InChI=1S/C17H23NO5/c1-4-5-10-23-14-8-6-13(11-15(14)22-3)7-9-16(19)18-12(2)17(20)21/h6-9,11-12H,4-5,10H2,1-3H3,(H,18,19)(H,20,21)/b9-7+. The van der Waals surface area contributed by atoms with Gasteiger partial charge in [0.25, 0.3) is 0 Å². The lowest BCUT2D eigenvalue weighted by atomic mass is 10.2. The predicted molar refractivity (Wildman–Crippen MR) is 87.7 cm³/mol. The molecule has 0 bridgehead atoms. The lowest BCUT2D eigenvalue weighted by molar-refractivity contribution is -0.140. The van der Waals surface area contributed by atoms with Crippen molar-refractivity contribution in [2.45, 2.75) is 32.7 Å². The number of methoxy groups -OCH3 is 1. The highest BCUT2D eigenvalue weighted by molar-refractivity contribution is 5.94. The lowest BCUT2D eigenvalue weighted by Crippen LogP contribution is -2.37. The molecule has 6 nitrogen and oxygen atoms in total. The van der Waals surface area contributed by atoms with Crippen LogP contribution in [0.25, 0.3) is 6.08 Å². The minimum atomic E-state index is -1.08. The minimum absolute atomic E-state index is 0.470. The molecule has 0 aliphatic carbocycles. The zero-order chi connectivity index (χ0) is 17.2. The second-order valence-electron chi connectivity index (χ2n) is 5.01. The van der Waals surface area contributed by atoms with Gasteiger partial charge in [0.05, 0.1) is 13.7 Å². The topological polar surface area (TPSA) is 84.9 Å². The summed E-state index contributed by atoms with van der Waals surface area (Å²) in [6.45, 7) is 4.11. The fourth-order valence-electron chi connectivity index (χ4n) is 1.73. The van der Waals surface area contributed by atoms with Gasteiger partial charge in [-0.25, -0.2) is 0 Å². The first-order valence-corrected chi connectivity index (χ1v) is 7.50. The number of amides is 1. The fourth-order valence-corrected chi connectivity index (χ4v) is 1.73. The van der Waals surface area contributed by atoms with E-state index >= 15 is 0 Å². The first-order chi connectivity index (χ1) is 11.0. The van der Waals surface area contributed by atoms with Crippen LogP contribution in [-0.4, -0.2) is 36.7 Å². The van der Waals surface area contributed by atoms with Gasteiger partial charge in [0, 0.05) is 6.08 Å². The molecule has 0 aromatic heterocycles. The number of carbonyl (C=O) groups excluding carboxylic acids is 1. The molecular weight excluding hydrogens is 298 g/mol. The van der Waals surface area contributed by atoms with Crippen LogP contribution in [-0.2, 0) is 9.59 Å². The number of benzene rings is 1. The molecule has 0 fully saturated rings. The van der Waals surface area contributed by atoms with Gasteiger partial charge in [-0.1, -0.05) is 19.4 Å². The van der Waals surface area contributed by atoms with Crippen LogP contribution in [0.3, 0.4) is 0 Å². The van der Waals surface area contributed by atoms with E-state index in [1.165, 1.54) is 13.0 Å². The largest absolute Gasteiger partial charge is 0.493 e. The van der Waals surface area contributed by atoms with Crippen molar-refractivity contribution in [1.29, 1.82) is 0 Å². The van der Waals surface area contributed by atoms with Crippen molar-refractivity contribution in [2.24, 2.45) is 0 Å². The molecule has 23 heavy (non-hydrogen) atoms. The zero-order valence-electron chi connectivity index (χ0n) is 13.7. The summed E-state index contributed by atoms with van der Waals surface area (Å²) in [5.74, 6) is -0.311. The van der Waals surface area contributed by atoms with E-state index in [1.807, 2.05) is 0 Å². The predicted octanol–water partition coefficient (Wildman–Crippen LogP) is 2.48. The molecule has 0 saturated heterocycles. The van der Waals surface area contributed by atoms with Crippen LogP contribution in [0.4, 0.5) is 0 Å². The average Bonchev–Trinajstić information content (AvgIpc) is 2.53. The van der Waals surface area contributed by atoms with Gasteiger partial charge in [0.15, 0.2) is 11.5 Å². The molecule has 1 rings (SSSR count). The molecule has 6 heteroatoms. The first-order valence-electron chi connectivity index (χ1n) is 7.50. The zero-order valence-corrected chi connectivity index (χ0v) is 13.7. The molecule has 1 aromatic carbocycles. The van der Waals surface area contributed by atoms with E-state index in [0.717, 1.165) is 18.4 Å². The van der Waals surface area contributed by atoms with Crippen LogP contribution in [0.1, 0.15) is 32.3 Å². The van der Waals surface area contributed by atoms with E-state index in [4.69, 9.17) is 14.6 Å². The van der Waals surface area contributed by atoms with E-state index in [1.54, 1.807) is 31.4 Å². The Morgan fingerprint density at radius 1 is 1.35 bits per heavy atom. The number of hydrogen-bond acceptors (Lipinski definition) is 4. The summed E-state index contributed by atoms with van der Waals surface area (Å²) in [5, 5.41) is 11.1. The second kappa shape index (κ2) is 9.50. The summed E-state index contributed by atoms with van der Waals surface area (Å²) < 4.78 is 10.9. The molecule has 1 unspecified atom stereocenters. The van der Waals surface area contributed by atoms with Gasteiger partial charge in [-0.15, -0.1) is 0 Å². The fraction of sp³-hybridized carbons (Fsp3) is 0.412. The summed E-state index contributed by atoms with van der Waals surface area (Å²) in [4.78, 5) is 22.3. The highest BCUT2D eigenvalue weighted by Crippen LogP contribution is 2.28. The van der Waals surface area contributed by atoms with Crippen molar-refractivity contribution in [3.63, 3.8) is 0 Å². The number of unbranched alkanes of at least 4 members (excludes halogenated alkanes) is 1. The number of nitrogens with one attached hydrogen (secondary N) is 1. The highest BCUT2D eigenvalue weighted by Gasteiger charge is 2.11. The number of rotatable bonds is 9.